The lowest BCUT2D eigenvalue weighted by atomic mass is 10.1. The molecule has 0 saturated heterocycles. The summed E-state index contributed by atoms with van der Waals surface area (Å²) in [5, 5.41) is 3.26. The van der Waals surface area contributed by atoms with Crippen LogP contribution in [0.1, 0.15) is 40.0 Å². The van der Waals surface area contributed by atoms with Crippen LogP contribution in [0.3, 0.4) is 0 Å². The standard InChI is InChI=1S/C12H23NO2/c1-4-15-12(14)10(3)13-8-11-6-5-9(2)7-11/h9-11,13H,4-8H2,1-3H3. The average molecular weight is 213 g/mol. The average Bonchev–Trinajstić information content (AvgIpc) is 2.61. The first-order chi connectivity index (χ1) is 7.13. The van der Waals surface area contributed by atoms with Gasteiger partial charge < -0.3 is 10.1 Å². The number of hydrogen-bond acceptors (Lipinski definition) is 3. The van der Waals surface area contributed by atoms with E-state index in [-0.39, 0.29) is 12.0 Å². The van der Waals surface area contributed by atoms with Gasteiger partial charge in [0, 0.05) is 0 Å². The molecule has 1 saturated carbocycles. The quantitative estimate of drug-likeness (QED) is 0.709. The highest BCUT2D eigenvalue weighted by molar-refractivity contribution is 5.75. The Hall–Kier alpha value is -0.570. The molecule has 0 spiro atoms. The third kappa shape index (κ3) is 4.20. The van der Waals surface area contributed by atoms with Crippen molar-refractivity contribution in [1.29, 1.82) is 0 Å². The van der Waals surface area contributed by atoms with E-state index < -0.39 is 0 Å². The van der Waals surface area contributed by atoms with Gasteiger partial charge in [0.05, 0.1) is 6.61 Å². The largest absolute Gasteiger partial charge is 0.465 e. The van der Waals surface area contributed by atoms with Gasteiger partial charge in [-0.15, -0.1) is 0 Å². The van der Waals surface area contributed by atoms with Crippen LogP contribution in [0.25, 0.3) is 0 Å². The summed E-state index contributed by atoms with van der Waals surface area (Å²) in [5.74, 6) is 1.47. The Bertz CT molecular complexity index is 206. The first-order valence-electron chi connectivity index (χ1n) is 6.03. The third-order valence-electron chi connectivity index (χ3n) is 3.16. The van der Waals surface area contributed by atoms with E-state index in [0.29, 0.717) is 6.61 Å². The molecule has 0 aliphatic heterocycles. The second kappa shape index (κ2) is 6.11. The normalized spacial score (nSPS) is 27.7. The van der Waals surface area contributed by atoms with Gasteiger partial charge in [0.1, 0.15) is 6.04 Å². The van der Waals surface area contributed by atoms with Crippen molar-refractivity contribution < 1.29 is 9.53 Å². The molecule has 0 amide bonds. The molecule has 3 nitrogen and oxygen atoms in total. The molecule has 0 aromatic carbocycles. The summed E-state index contributed by atoms with van der Waals surface area (Å²) in [6.45, 7) is 7.42. The van der Waals surface area contributed by atoms with Crippen molar-refractivity contribution in [1.82, 2.24) is 5.32 Å². The Balaban J connectivity index is 2.16. The van der Waals surface area contributed by atoms with E-state index in [0.717, 1.165) is 18.4 Å². The van der Waals surface area contributed by atoms with Gasteiger partial charge in [-0.25, -0.2) is 0 Å². The number of ether oxygens (including phenoxy) is 1. The zero-order chi connectivity index (χ0) is 11.3. The Labute approximate surface area is 92.6 Å². The molecule has 0 aromatic rings. The van der Waals surface area contributed by atoms with E-state index in [1.807, 2.05) is 13.8 Å². The number of hydrogen-bond donors (Lipinski definition) is 1. The van der Waals surface area contributed by atoms with Gasteiger partial charge in [0.2, 0.25) is 0 Å². The second-order valence-electron chi connectivity index (χ2n) is 4.67. The van der Waals surface area contributed by atoms with E-state index >= 15 is 0 Å². The fourth-order valence-corrected chi connectivity index (χ4v) is 2.20. The molecular weight excluding hydrogens is 190 g/mol. The number of carbonyl (C=O) groups is 1. The van der Waals surface area contributed by atoms with E-state index in [1.54, 1.807) is 0 Å². The predicted octanol–water partition coefficient (Wildman–Crippen LogP) is 1.96. The minimum absolute atomic E-state index is 0.136. The summed E-state index contributed by atoms with van der Waals surface area (Å²) in [6, 6.07) is -0.166. The number of esters is 1. The van der Waals surface area contributed by atoms with Crippen LogP contribution < -0.4 is 5.32 Å². The van der Waals surface area contributed by atoms with Crippen molar-refractivity contribution in [2.24, 2.45) is 11.8 Å². The molecule has 1 N–H and O–H groups in total. The van der Waals surface area contributed by atoms with Crippen LogP contribution in [0, 0.1) is 11.8 Å². The molecule has 1 rings (SSSR count). The molecule has 0 radical (unpaired) electrons. The van der Waals surface area contributed by atoms with Crippen molar-refractivity contribution in [2.75, 3.05) is 13.2 Å². The molecule has 15 heavy (non-hydrogen) atoms. The van der Waals surface area contributed by atoms with Crippen molar-refractivity contribution >= 4 is 5.97 Å². The van der Waals surface area contributed by atoms with Gasteiger partial charge in [-0.1, -0.05) is 13.3 Å². The van der Waals surface area contributed by atoms with E-state index in [4.69, 9.17) is 4.74 Å². The second-order valence-corrected chi connectivity index (χ2v) is 4.67. The van der Waals surface area contributed by atoms with Crippen LogP contribution in [0.4, 0.5) is 0 Å². The molecule has 3 heteroatoms. The van der Waals surface area contributed by atoms with Crippen molar-refractivity contribution in [3.63, 3.8) is 0 Å². The Morgan fingerprint density at radius 3 is 2.80 bits per heavy atom. The van der Waals surface area contributed by atoms with Crippen molar-refractivity contribution in [2.45, 2.75) is 46.1 Å². The lowest BCUT2D eigenvalue weighted by Gasteiger charge is -2.15. The molecule has 1 aliphatic carbocycles. The minimum Gasteiger partial charge on any atom is -0.465 e. The third-order valence-corrected chi connectivity index (χ3v) is 3.16. The summed E-state index contributed by atoms with van der Waals surface area (Å²) in [5.41, 5.74) is 0. The van der Waals surface area contributed by atoms with E-state index in [9.17, 15) is 4.79 Å². The topological polar surface area (TPSA) is 38.3 Å². The molecule has 1 fully saturated rings. The first-order valence-corrected chi connectivity index (χ1v) is 6.03. The van der Waals surface area contributed by atoms with Gasteiger partial charge in [0.15, 0.2) is 0 Å². The molecular formula is C12H23NO2. The van der Waals surface area contributed by atoms with E-state index in [2.05, 4.69) is 12.2 Å². The highest BCUT2D eigenvalue weighted by atomic mass is 16.5. The number of rotatable bonds is 5. The number of nitrogens with one attached hydrogen (secondary N) is 1. The van der Waals surface area contributed by atoms with Crippen LogP contribution in [0.15, 0.2) is 0 Å². The first kappa shape index (κ1) is 12.5. The lowest BCUT2D eigenvalue weighted by molar-refractivity contribution is -0.145. The highest BCUT2D eigenvalue weighted by Gasteiger charge is 2.22. The fraction of sp³-hybridized carbons (Fsp3) is 0.917. The van der Waals surface area contributed by atoms with Gasteiger partial charge in [0.25, 0.3) is 0 Å². The summed E-state index contributed by atoms with van der Waals surface area (Å²) >= 11 is 0. The molecule has 0 heterocycles. The highest BCUT2D eigenvalue weighted by Crippen LogP contribution is 2.29. The Morgan fingerprint density at radius 2 is 2.27 bits per heavy atom. The van der Waals surface area contributed by atoms with Gasteiger partial charge >= 0.3 is 5.97 Å². The van der Waals surface area contributed by atoms with Gasteiger partial charge in [-0.3, -0.25) is 4.79 Å². The maximum absolute atomic E-state index is 11.3. The zero-order valence-corrected chi connectivity index (χ0v) is 10.1. The maximum Gasteiger partial charge on any atom is 0.322 e. The lowest BCUT2D eigenvalue weighted by Crippen LogP contribution is -2.37. The summed E-state index contributed by atoms with van der Waals surface area (Å²) in [7, 11) is 0. The summed E-state index contributed by atoms with van der Waals surface area (Å²) in [4.78, 5) is 11.3. The van der Waals surface area contributed by atoms with Crippen LogP contribution >= 0.6 is 0 Å². The summed E-state index contributed by atoms with van der Waals surface area (Å²) in [6.07, 6.45) is 3.92. The molecule has 0 aromatic heterocycles. The minimum atomic E-state index is -0.166. The van der Waals surface area contributed by atoms with Crippen molar-refractivity contribution in [3.8, 4) is 0 Å². The van der Waals surface area contributed by atoms with Crippen LogP contribution in [0.2, 0.25) is 0 Å². The Kier molecular flexibility index (Phi) is 5.09. The van der Waals surface area contributed by atoms with Gasteiger partial charge in [-0.05, 0) is 45.1 Å². The Morgan fingerprint density at radius 1 is 1.53 bits per heavy atom. The molecule has 0 bridgehead atoms. The zero-order valence-electron chi connectivity index (χ0n) is 10.1. The maximum atomic E-state index is 11.3. The van der Waals surface area contributed by atoms with Crippen LogP contribution in [-0.2, 0) is 9.53 Å². The predicted molar refractivity (Wildman–Crippen MR) is 60.6 cm³/mol. The van der Waals surface area contributed by atoms with E-state index in [1.165, 1.54) is 19.3 Å². The SMILES string of the molecule is CCOC(=O)C(C)NCC1CCC(C)C1. The molecule has 88 valence electrons. The molecule has 1 aliphatic rings. The smallest absolute Gasteiger partial charge is 0.322 e. The molecule has 3 atom stereocenters. The van der Waals surface area contributed by atoms with Crippen LogP contribution in [0.5, 0.6) is 0 Å². The van der Waals surface area contributed by atoms with Crippen LogP contribution in [-0.4, -0.2) is 25.2 Å². The summed E-state index contributed by atoms with van der Waals surface area (Å²) < 4.78 is 4.94. The number of carbonyl (C=O) groups excluding carboxylic acids is 1. The molecule has 3 unspecified atom stereocenters. The fourth-order valence-electron chi connectivity index (χ4n) is 2.20. The van der Waals surface area contributed by atoms with Crippen molar-refractivity contribution in [3.05, 3.63) is 0 Å². The monoisotopic (exact) mass is 213 g/mol. The van der Waals surface area contributed by atoms with Gasteiger partial charge in [-0.2, -0.15) is 0 Å².